The van der Waals surface area contributed by atoms with Crippen LogP contribution in [0, 0.1) is 13.8 Å². The van der Waals surface area contributed by atoms with Crippen LogP contribution in [0.25, 0.3) is 54.6 Å². The largest absolute Gasteiger partial charge is 0.309 e. The van der Waals surface area contributed by atoms with E-state index in [1.807, 2.05) is 0 Å². The van der Waals surface area contributed by atoms with Crippen molar-refractivity contribution in [1.82, 2.24) is 0 Å². The Morgan fingerprint density at radius 3 is 1.83 bits per heavy atom. The van der Waals surface area contributed by atoms with Crippen molar-refractivity contribution >= 4 is 49.4 Å². The molecular weight excluding hydrogens is 579 g/mol. The fourth-order valence-corrected chi connectivity index (χ4v) is 8.23. The smallest absolute Gasteiger partial charge is 0.0546 e. The molecule has 0 unspecified atom stereocenters. The summed E-state index contributed by atoms with van der Waals surface area (Å²) in [5, 5.41) is 7.47. The Bertz CT molecular complexity index is 2570. The molecule has 0 saturated heterocycles. The van der Waals surface area contributed by atoms with E-state index in [0.29, 0.717) is 0 Å². The van der Waals surface area contributed by atoms with Gasteiger partial charge in [0.25, 0.3) is 0 Å². The van der Waals surface area contributed by atoms with Gasteiger partial charge in [-0.15, -0.1) is 0 Å². The van der Waals surface area contributed by atoms with Gasteiger partial charge >= 0.3 is 0 Å². The maximum absolute atomic E-state index is 2.54. The average Bonchev–Trinajstić information content (AvgIpc) is 3.35. The van der Waals surface area contributed by atoms with Crippen LogP contribution in [0.1, 0.15) is 36.1 Å². The summed E-state index contributed by atoms with van der Waals surface area (Å²) >= 11 is 0. The van der Waals surface area contributed by atoms with Crippen LogP contribution >= 0.6 is 0 Å². The van der Waals surface area contributed by atoms with E-state index in [1.165, 1.54) is 88.2 Å². The fourth-order valence-electron chi connectivity index (χ4n) is 8.23. The first-order chi connectivity index (χ1) is 23.4. The lowest BCUT2D eigenvalue weighted by Gasteiger charge is -2.31. The van der Waals surface area contributed by atoms with Crippen LogP contribution in [0.2, 0.25) is 0 Å². The van der Waals surface area contributed by atoms with Crippen LogP contribution in [0.5, 0.6) is 0 Å². The number of benzene rings is 8. The Hall–Kier alpha value is -5.66. The van der Waals surface area contributed by atoms with E-state index in [-0.39, 0.29) is 5.41 Å². The monoisotopic (exact) mass is 615 g/mol. The molecule has 230 valence electrons. The van der Waals surface area contributed by atoms with Gasteiger partial charge in [-0.05, 0) is 110 Å². The lowest BCUT2D eigenvalue weighted by Crippen LogP contribution is -2.17. The zero-order chi connectivity index (χ0) is 32.6. The number of fused-ring (bicyclic) bond motifs is 7. The molecule has 0 bridgehead atoms. The predicted octanol–water partition coefficient (Wildman–Crippen LogP) is 13.2. The molecule has 0 N–H and O–H groups in total. The van der Waals surface area contributed by atoms with Gasteiger partial charge in [0.1, 0.15) is 0 Å². The van der Waals surface area contributed by atoms with Gasteiger partial charge in [0.15, 0.2) is 0 Å². The highest BCUT2D eigenvalue weighted by Crippen LogP contribution is 2.53. The molecule has 0 aromatic heterocycles. The summed E-state index contributed by atoms with van der Waals surface area (Å²) in [6, 6.07) is 56.4. The zero-order valence-corrected chi connectivity index (χ0v) is 27.9. The fraction of sp³-hybridized carbons (Fsp3) is 0.106. The molecule has 1 aliphatic rings. The van der Waals surface area contributed by atoms with Crippen LogP contribution in [0.4, 0.5) is 17.1 Å². The third kappa shape index (κ3) is 4.24. The van der Waals surface area contributed by atoms with Crippen molar-refractivity contribution in [2.75, 3.05) is 4.90 Å². The van der Waals surface area contributed by atoms with E-state index in [0.717, 1.165) is 5.69 Å². The molecule has 0 amide bonds. The van der Waals surface area contributed by atoms with Gasteiger partial charge in [-0.2, -0.15) is 0 Å². The molecule has 8 aromatic rings. The number of nitrogens with zero attached hydrogens (tertiary/aromatic N) is 1. The second-order valence-electron chi connectivity index (χ2n) is 13.9. The van der Waals surface area contributed by atoms with Crippen molar-refractivity contribution in [2.45, 2.75) is 33.1 Å². The van der Waals surface area contributed by atoms with Crippen molar-refractivity contribution in [1.29, 1.82) is 0 Å². The number of rotatable bonds is 4. The molecule has 0 fully saturated rings. The summed E-state index contributed by atoms with van der Waals surface area (Å²) in [4.78, 5) is 2.54. The van der Waals surface area contributed by atoms with E-state index in [1.54, 1.807) is 0 Å². The van der Waals surface area contributed by atoms with Gasteiger partial charge in [-0.3, -0.25) is 0 Å². The molecule has 0 saturated carbocycles. The van der Waals surface area contributed by atoms with E-state index >= 15 is 0 Å². The summed E-state index contributed by atoms with van der Waals surface area (Å²) in [5.41, 5.74) is 14.0. The van der Waals surface area contributed by atoms with Crippen molar-refractivity contribution < 1.29 is 0 Å². The van der Waals surface area contributed by atoms with Crippen molar-refractivity contribution in [3.63, 3.8) is 0 Å². The maximum Gasteiger partial charge on any atom is 0.0546 e. The standard InChI is InChI=1S/C47H37N/c1-30-14-5-9-19-36(30)41-26-32-16-6-7-17-33(32)27-45(41)48(44-28-34-18-8-10-20-37(34)38-21-11-12-22-39(38)44)35-24-25-40-43(29-35)47(3,4)42-23-13-15-31(2)46(40)42/h5-29H,1-4H3. The Kier molecular flexibility index (Phi) is 6.36. The first-order valence-corrected chi connectivity index (χ1v) is 16.9. The predicted molar refractivity (Wildman–Crippen MR) is 206 cm³/mol. The molecule has 0 atom stereocenters. The first-order valence-electron chi connectivity index (χ1n) is 16.9. The SMILES string of the molecule is Cc1ccccc1-c1cc2ccccc2cc1N(c1ccc2c(c1)C(C)(C)c1cccc(C)c1-2)c1cc2ccccc2c2ccccc12. The third-order valence-corrected chi connectivity index (χ3v) is 10.7. The van der Waals surface area contributed by atoms with E-state index in [9.17, 15) is 0 Å². The second-order valence-corrected chi connectivity index (χ2v) is 13.9. The highest BCUT2D eigenvalue weighted by molar-refractivity contribution is 6.15. The number of hydrogen-bond donors (Lipinski definition) is 0. The molecule has 0 aliphatic heterocycles. The maximum atomic E-state index is 2.54. The van der Waals surface area contributed by atoms with Gasteiger partial charge in [0, 0.05) is 22.1 Å². The molecule has 1 nitrogen and oxygen atoms in total. The summed E-state index contributed by atoms with van der Waals surface area (Å²) in [7, 11) is 0. The third-order valence-electron chi connectivity index (χ3n) is 10.7. The van der Waals surface area contributed by atoms with Crippen LogP contribution in [0.15, 0.2) is 152 Å². The van der Waals surface area contributed by atoms with E-state index in [4.69, 9.17) is 0 Å². The van der Waals surface area contributed by atoms with Crippen LogP contribution in [-0.4, -0.2) is 0 Å². The molecule has 1 heteroatoms. The van der Waals surface area contributed by atoms with Crippen LogP contribution < -0.4 is 4.90 Å². The van der Waals surface area contributed by atoms with Crippen molar-refractivity contribution in [3.8, 4) is 22.3 Å². The van der Waals surface area contributed by atoms with Crippen molar-refractivity contribution in [3.05, 3.63) is 174 Å². The van der Waals surface area contributed by atoms with E-state index in [2.05, 4.69) is 184 Å². The topological polar surface area (TPSA) is 3.24 Å². The van der Waals surface area contributed by atoms with Crippen molar-refractivity contribution in [2.24, 2.45) is 0 Å². The van der Waals surface area contributed by atoms with Crippen LogP contribution in [-0.2, 0) is 5.41 Å². The highest BCUT2D eigenvalue weighted by Gasteiger charge is 2.37. The molecular formula is C47H37N. The molecule has 0 radical (unpaired) electrons. The quantitative estimate of drug-likeness (QED) is 0.178. The van der Waals surface area contributed by atoms with Gasteiger partial charge in [0.05, 0.1) is 11.4 Å². The number of hydrogen-bond acceptors (Lipinski definition) is 1. The molecule has 0 heterocycles. The molecule has 1 aliphatic carbocycles. The molecule has 8 aromatic carbocycles. The highest BCUT2D eigenvalue weighted by atomic mass is 15.1. The van der Waals surface area contributed by atoms with Gasteiger partial charge in [-0.25, -0.2) is 0 Å². The minimum atomic E-state index is -0.119. The van der Waals surface area contributed by atoms with E-state index < -0.39 is 0 Å². The lowest BCUT2D eigenvalue weighted by molar-refractivity contribution is 0.660. The number of anilines is 3. The minimum Gasteiger partial charge on any atom is -0.309 e. The molecule has 9 rings (SSSR count). The van der Waals surface area contributed by atoms with Gasteiger partial charge < -0.3 is 4.90 Å². The molecule has 0 spiro atoms. The minimum absolute atomic E-state index is 0.119. The van der Waals surface area contributed by atoms with Gasteiger partial charge in [0.2, 0.25) is 0 Å². The summed E-state index contributed by atoms with van der Waals surface area (Å²) in [6.45, 7) is 9.23. The van der Waals surface area contributed by atoms with Crippen LogP contribution in [0.3, 0.4) is 0 Å². The number of aryl methyl sites for hydroxylation is 2. The summed E-state index contributed by atoms with van der Waals surface area (Å²) in [6.07, 6.45) is 0. The first kappa shape index (κ1) is 28.6. The van der Waals surface area contributed by atoms with Gasteiger partial charge in [-0.1, -0.05) is 135 Å². The Morgan fingerprint density at radius 1 is 0.417 bits per heavy atom. The summed E-state index contributed by atoms with van der Waals surface area (Å²) in [5.74, 6) is 0. The Labute approximate surface area is 282 Å². The lowest BCUT2D eigenvalue weighted by atomic mass is 9.82. The Balaban J connectivity index is 1.41. The zero-order valence-electron chi connectivity index (χ0n) is 27.9. The normalized spacial score (nSPS) is 13.2. The Morgan fingerprint density at radius 2 is 1.04 bits per heavy atom. The summed E-state index contributed by atoms with van der Waals surface area (Å²) < 4.78 is 0. The second kappa shape index (κ2) is 10.7. The molecule has 48 heavy (non-hydrogen) atoms. The average molecular weight is 616 g/mol.